The molecule has 0 aromatic heterocycles. The van der Waals surface area contributed by atoms with Crippen LogP contribution >= 0.6 is 15.6 Å². The Balaban J connectivity index is 5.48. The van der Waals surface area contributed by atoms with E-state index in [1.165, 1.54) is 70.6 Å². The van der Waals surface area contributed by atoms with Crippen LogP contribution in [0.5, 0.6) is 0 Å². The van der Waals surface area contributed by atoms with Crippen molar-refractivity contribution in [3.05, 3.63) is 146 Å². The van der Waals surface area contributed by atoms with Crippen molar-refractivity contribution in [2.24, 2.45) is 0 Å². The second-order valence-corrected chi connectivity index (χ2v) is 29.2. The molecule has 19 heteroatoms. The monoisotopic (exact) mass is 1500 g/mol. The van der Waals surface area contributed by atoms with E-state index in [0.29, 0.717) is 32.1 Å². The first-order valence-electron chi connectivity index (χ1n) is 40.1. The van der Waals surface area contributed by atoms with Crippen LogP contribution in [0, 0.1) is 0 Å². The van der Waals surface area contributed by atoms with E-state index in [1.807, 2.05) is 18.2 Å². The summed E-state index contributed by atoms with van der Waals surface area (Å²) in [6.45, 7) is 4.56. The maximum Gasteiger partial charge on any atom is 0.472 e. The highest BCUT2D eigenvalue weighted by Crippen LogP contribution is 2.45. The minimum Gasteiger partial charge on any atom is -0.462 e. The van der Waals surface area contributed by atoms with Crippen molar-refractivity contribution in [2.75, 3.05) is 39.6 Å². The van der Waals surface area contributed by atoms with E-state index in [4.69, 9.17) is 37.0 Å². The third kappa shape index (κ3) is 75.2. The Hall–Kier alpha value is -5.06. The lowest BCUT2D eigenvalue weighted by Gasteiger charge is -2.21. The number of phosphoric ester groups is 2. The van der Waals surface area contributed by atoms with Crippen LogP contribution < -0.4 is 0 Å². The number of aliphatic hydroxyl groups excluding tert-OH is 1. The molecule has 0 heterocycles. The van der Waals surface area contributed by atoms with Crippen molar-refractivity contribution in [3.8, 4) is 0 Å². The third-order valence-electron chi connectivity index (χ3n) is 16.3. The summed E-state index contributed by atoms with van der Waals surface area (Å²) >= 11 is 0. The number of carbonyl (C=O) groups excluding carboxylic acids is 4. The Morgan fingerprint density at radius 2 is 0.519 bits per heavy atom. The molecule has 2 unspecified atom stereocenters. The van der Waals surface area contributed by atoms with Gasteiger partial charge in [-0.25, -0.2) is 9.13 Å². The van der Waals surface area contributed by atoms with Crippen molar-refractivity contribution < 1.29 is 80.2 Å². The molecule has 0 saturated heterocycles. The van der Waals surface area contributed by atoms with Gasteiger partial charge < -0.3 is 33.8 Å². The Morgan fingerprint density at radius 1 is 0.279 bits per heavy atom. The normalized spacial score (nSPS) is 14.6. The molecule has 0 saturated carbocycles. The highest BCUT2D eigenvalue weighted by Gasteiger charge is 2.30. The largest absolute Gasteiger partial charge is 0.472 e. The van der Waals surface area contributed by atoms with Gasteiger partial charge in [-0.2, -0.15) is 0 Å². The lowest BCUT2D eigenvalue weighted by Crippen LogP contribution is -2.30. The van der Waals surface area contributed by atoms with E-state index >= 15 is 0 Å². The van der Waals surface area contributed by atoms with Gasteiger partial charge in [-0.05, 0) is 161 Å². The van der Waals surface area contributed by atoms with Gasteiger partial charge in [0, 0.05) is 25.7 Å². The number of hydrogen-bond donors (Lipinski definition) is 3. The molecule has 104 heavy (non-hydrogen) atoms. The van der Waals surface area contributed by atoms with Gasteiger partial charge in [0.25, 0.3) is 0 Å². The summed E-state index contributed by atoms with van der Waals surface area (Å²) in [6, 6.07) is 0. The van der Waals surface area contributed by atoms with Crippen LogP contribution in [0.1, 0.15) is 310 Å². The molecule has 0 amide bonds. The summed E-state index contributed by atoms with van der Waals surface area (Å²) in [5, 5.41) is 10.6. The molecule has 594 valence electrons. The maximum absolute atomic E-state index is 13.1. The minimum atomic E-state index is -5.01. The molecule has 0 aromatic carbocycles. The molecule has 0 aliphatic carbocycles. The maximum atomic E-state index is 13.1. The van der Waals surface area contributed by atoms with E-state index in [9.17, 15) is 43.2 Å². The molecular weight excluding hydrogens is 1350 g/mol. The van der Waals surface area contributed by atoms with Crippen LogP contribution in [0.2, 0.25) is 0 Å². The Labute approximate surface area is 630 Å². The molecule has 0 radical (unpaired) electrons. The van der Waals surface area contributed by atoms with Crippen LogP contribution in [-0.2, 0) is 65.4 Å². The zero-order valence-electron chi connectivity index (χ0n) is 64.9. The lowest BCUT2D eigenvalue weighted by atomic mass is 10.1. The number of phosphoric acid groups is 2. The standard InChI is InChI=1S/C85H142O17P2/c1-5-9-13-17-21-25-29-33-35-37-39-41-43-47-50-54-58-62-66-70-83(88)96-76-81(102-85(90)72-68-64-60-56-52-48-44-42-40-38-36-34-30-26-22-18-14-10-6-2)78-100-104(93,94)98-74-79(86)73-97-103(91,92)99-77-80(101-84(89)71-67-63-59-55-51-46-32-28-24-20-16-12-8-4)75-95-82(87)69-65-61-57-53-49-45-31-27-23-19-15-11-7-3/h9,13,21-22,25-28,31-36,39-42,47-48,50,52,60,64,79-81,86H,5-8,10-12,14-20,23-24,29-30,37-38,43-46,49,51,53-59,61-63,65-78H2,1-4H3,(H,91,92)(H,93,94)/b13-9-,25-21-,26-22-,31-27-,32-28-,35-33-,36-34-,41-39-,42-40-,50-47-,52-48-,64-60-/t79-,80+,81+/m0/s1. The molecule has 5 atom stereocenters. The molecule has 0 bridgehead atoms. The van der Waals surface area contributed by atoms with E-state index in [1.54, 1.807) is 0 Å². The fourth-order valence-electron chi connectivity index (χ4n) is 10.2. The fraction of sp³-hybridized carbons (Fsp3) is 0.671. The number of allylic oxidation sites excluding steroid dienone is 24. The summed E-state index contributed by atoms with van der Waals surface area (Å²) in [5.41, 5.74) is 0. The Morgan fingerprint density at radius 3 is 0.865 bits per heavy atom. The van der Waals surface area contributed by atoms with Crippen molar-refractivity contribution >= 4 is 39.5 Å². The molecule has 0 fully saturated rings. The summed E-state index contributed by atoms with van der Waals surface area (Å²) in [6.07, 6.45) is 87.0. The van der Waals surface area contributed by atoms with Crippen LogP contribution in [0.4, 0.5) is 0 Å². The molecule has 0 aromatic rings. The average molecular weight is 1500 g/mol. The SMILES string of the molecule is CC/C=C\C/C=C\C/C=C\C/C=C\C/C=C\CCCCCC(=O)OC[C@H](COP(=O)(O)OC[C@@H](O)COP(=O)(O)OC[C@@H](COC(=O)CCCCCCC/C=C\CCCCCC)OC(=O)CCCCCCC/C=C\CCCCCC)OC(=O)CC/C=C\C/C=C\C/C=C\C/C=C\C/C=C\CCCCC. The van der Waals surface area contributed by atoms with Crippen molar-refractivity contribution in [1.29, 1.82) is 0 Å². The van der Waals surface area contributed by atoms with Gasteiger partial charge in [0.15, 0.2) is 12.2 Å². The van der Waals surface area contributed by atoms with Crippen LogP contribution in [-0.4, -0.2) is 96.7 Å². The fourth-order valence-corrected chi connectivity index (χ4v) is 11.7. The number of esters is 4. The van der Waals surface area contributed by atoms with Crippen molar-refractivity contribution in [2.45, 2.75) is 329 Å². The Bertz CT molecular complexity index is 2540. The minimum absolute atomic E-state index is 0.0407. The number of carbonyl (C=O) groups is 4. The molecular formula is C85H142O17P2. The van der Waals surface area contributed by atoms with E-state index in [2.05, 4.69) is 155 Å². The summed E-state index contributed by atoms with van der Waals surface area (Å²) < 4.78 is 68.5. The number of rotatable bonds is 74. The molecule has 0 rings (SSSR count). The van der Waals surface area contributed by atoms with Crippen LogP contribution in [0.25, 0.3) is 0 Å². The second kappa shape index (κ2) is 76.1. The van der Waals surface area contributed by atoms with Gasteiger partial charge in [-0.15, -0.1) is 0 Å². The first kappa shape index (κ1) is 98.9. The van der Waals surface area contributed by atoms with Gasteiger partial charge >= 0.3 is 39.5 Å². The third-order valence-corrected chi connectivity index (χ3v) is 18.2. The summed E-state index contributed by atoms with van der Waals surface area (Å²) in [4.78, 5) is 72.9. The zero-order valence-corrected chi connectivity index (χ0v) is 66.7. The van der Waals surface area contributed by atoms with E-state index < -0.39 is 97.5 Å². The number of hydrogen-bond acceptors (Lipinski definition) is 15. The first-order valence-corrected chi connectivity index (χ1v) is 43.1. The summed E-state index contributed by atoms with van der Waals surface area (Å²) in [5.74, 6) is -2.33. The van der Waals surface area contributed by atoms with Crippen molar-refractivity contribution in [3.63, 3.8) is 0 Å². The second-order valence-electron chi connectivity index (χ2n) is 26.3. The molecule has 0 spiro atoms. The van der Waals surface area contributed by atoms with Gasteiger partial charge in [0.1, 0.15) is 19.3 Å². The zero-order chi connectivity index (χ0) is 76.0. The molecule has 0 aliphatic rings. The first-order chi connectivity index (χ1) is 50.7. The van der Waals surface area contributed by atoms with Gasteiger partial charge in [-0.1, -0.05) is 270 Å². The number of ether oxygens (including phenoxy) is 4. The van der Waals surface area contributed by atoms with Crippen molar-refractivity contribution in [1.82, 2.24) is 0 Å². The predicted octanol–water partition coefficient (Wildman–Crippen LogP) is 23.4. The highest BCUT2D eigenvalue weighted by atomic mass is 31.2. The van der Waals surface area contributed by atoms with E-state index in [-0.39, 0.29) is 25.7 Å². The number of unbranched alkanes of at least 4 members (excludes halogenated alkanes) is 24. The van der Waals surface area contributed by atoms with Gasteiger partial charge in [-0.3, -0.25) is 37.3 Å². The predicted molar refractivity (Wildman–Crippen MR) is 427 cm³/mol. The lowest BCUT2D eigenvalue weighted by molar-refractivity contribution is -0.161. The number of aliphatic hydroxyl groups is 1. The topological polar surface area (TPSA) is 237 Å². The molecule has 17 nitrogen and oxygen atoms in total. The van der Waals surface area contributed by atoms with Gasteiger partial charge in [0.05, 0.1) is 26.4 Å². The van der Waals surface area contributed by atoms with E-state index in [0.717, 1.165) is 154 Å². The van der Waals surface area contributed by atoms with Gasteiger partial charge in [0.2, 0.25) is 0 Å². The highest BCUT2D eigenvalue weighted by molar-refractivity contribution is 7.47. The van der Waals surface area contributed by atoms with Crippen LogP contribution in [0.3, 0.4) is 0 Å². The molecule has 3 N–H and O–H groups in total. The molecule has 0 aliphatic heterocycles. The quantitative estimate of drug-likeness (QED) is 0.0169. The van der Waals surface area contributed by atoms with Crippen LogP contribution in [0.15, 0.2) is 146 Å². The average Bonchev–Trinajstić information content (AvgIpc) is 0.906. The summed E-state index contributed by atoms with van der Waals surface area (Å²) in [7, 11) is -10.0. The Kier molecular flexibility index (Phi) is 72.4. The smallest absolute Gasteiger partial charge is 0.462 e.